The van der Waals surface area contributed by atoms with Crippen molar-refractivity contribution < 1.29 is 9.90 Å². The Morgan fingerprint density at radius 3 is 2.76 bits per heavy atom. The SMILES string of the molecule is CN(C)c1ccc(NC(=O)NC2CCCCC2CO)cn1. The Bertz CT molecular complexity index is 461. The largest absolute Gasteiger partial charge is 0.396 e. The van der Waals surface area contributed by atoms with Gasteiger partial charge in [-0.3, -0.25) is 0 Å². The number of urea groups is 1. The van der Waals surface area contributed by atoms with Crippen molar-refractivity contribution in [2.45, 2.75) is 31.7 Å². The van der Waals surface area contributed by atoms with Gasteiger partial charge in [0.05, 0.1) is 11.9 Å². The fraction of sp³-hybridized carbons (Fsp3) is 0.600. The fourth-order valence-electron chi connectivity index (χ4n) is 2.68. The number of rotatable bonds is 4. The van der Waals surface area contributed by atoms with Gasteiger partial charge >= 0.3 is 6.03 Å². The summed E-state index contributed by atoms with van der Waals surface area (Å²) in [6.45, 7) is 0.129. The van der Waals surface area contributed by atoms with Crippen LogP contribution in [-0.4, -0.2) is 42.9 Å². The molecule has 0 radical (unpaired) electrons. The molecule has 6 nitrogen and oxygen atoms in total. The van der Waals surface area contributed by atoms with Crippen molar-refractivity contribution in [1.82, 2.24) is 10.3 Å². The van der Waals surface area contributed by atoms with E-state index in [4.69, 9.17) is 0 Å². The number of amides is 2. The second kappa shape index (κ2) is 7.26. The van der Waals surface area contributed by atoms with Gasteiger partial charge in [0.2, 0.25) is 0 Å². The molecule has 6 heteroatoms. The van der Waals surface area contributed by atoms with E-state index in [-0.39, 0.29) is 24.6 Å². The van der Waals surface area contributed by atoms with Gasteiger partial charge in [-0.25, -0.2) is 9.78 Å². The molecule has 1 saturated carbocycles. The molecule has 21 heavy (non-hydrogen) atoms. The Morgan fingerprint density at radius 1 is 1.38 bits per heavy atom. The van der Waals surface area contributed by atoms with Crippen molar-refractivity contribution in [2.24, 2.45) is 5.92 Å². The summed E-state index contributed by atoms with van der Waals surface area (Å²) in [5.41, 5.74) is 0.662. The first-order valence-corrected chi connectivity index (χ1v) is 7.42. The Balaban J connectivity index is 1.88. The van der Waals surface area contributed by atoms with E-state index in [2.05, 4.69) is 15.6 Å². The van der Waals surface area contributed by atoms with Gasteiger partial charge in [0.25, 0.3) is 0 Å². The molecule has 0 aromatic carbocycles. The zero-order valence-electron chi connectivity index (χ0n) is 12.7. The summed E-state index contributed by atoms with van der Waals surface area (Å²) in [4.78, 5) is 18.2. The molecule has 1 aromatic heterocycles. The van der Waals surface area contributed by atoms with E-state index in [0.717, 1.165) is 31.5 Å². The van der Waals surface area contributed by atoms with Gasteiger partial charge in [0.15, 0.2) is 0 Å². The van der Waals surface area contributed by atoms with Crippen molar-refractivity contribution >= 4 is 17.5 Å². The predicted octanol–water partition coefficient (Wildman–Crippen LogP) is 1.82. The Kier molecular flexibility index (Phi) is 5.38. The highest BCUT2D eigenvalue weighted by Crippen LogP contribution is 2.24. The molecule has 2 unspecified atom stereocenters. The first-order chi connectivity index (χ1) is 10.1. The molecule has 2 amide bonds. The molecule has 1 aliphatic rings. The number of aliphatic hydroxyl groups excluding tert-OH is 1. The van der Waals surface area contributed by atoms with Crippen LogP contribution in [0.25, 0.3) is 0 Å². The maximum absolute atomic E-state index is 12.0. The third-order valence-corrected chi connectivity index (χ3v) is 3.92. The molecule has 116 valence electrons. The molecule has 2 atom stereocenters. The number of hydrogen-bond donors (Lipinski definition) is 3. The minimum atomic E-state index is -0.236. The summed E-state index contributed by atoms with van der Waals surface area (Å²) in [5.74, 6) is 1.01. The summed E-state index contributed by atoms with van der Waals surface area (Å²) >= 11 is 0. The topological polar surface area (TPSA) is 77.5 Å². The van der Waals surface area contributed by atoms with Crippen LogP contribution in [0.1, 0.15) is 25.7 Å². The standard InChI is InChI=1S/C15H24N4O2/c1-19(2)14-8-7-12(9-16-14)17-15(21)18-13-6-4-3-5-11(13)10-20/h7-9,11,13,20H,3-6,10H2,1-2H3,(H2,17,18,21). The number of hydrogen-bond acceptors (Lipinski definition) is 4. The summed E-state index contributed by atoms with van der Waals surface area (Å²) in [6, 6.07) is 3.50. The number of nitrogens with one attached hydrogen (secondary N) is 2. The number of carbonyl (C=O) groups is 1. The number of carbonyl (C=O) groups excluding carboxylic acids is 1. The van der Waals surface area contributed by atoms with Gasteiger partial charge in [-0.15, -0.1) is 0 Å². The second-order valence-corrected chi connectivity index (χ2v) is 5.73. The van der Waals surface area contributed by atoms with Crippen molar-refractivity contribution in [3.63, 3.8) is 0 Å². The van der Waals surface area contributed by atoms with Gasteiger partial charge in [0.1, 0.15) is 5.82 Å². The second-order valence-electron chi connectivity index (χ2n) is 5.73. The third-order valence-electron chi connectivity index (χ3n) is 3.92. The molecule has 0 saturated heterocycles. The van der Waals surface area contributed by atoms with E-state index >= 15 is 0 Å². The zero-order chi connectivity index (χ0) is 15.2. The van der Waals surface area contributed by atoms with Crippen molar-refractivity contribution in [1.29, 1.82) is 0 Å². The predicted molar refractivity (Wildman–Crippen MR) is 83.6 cm³/mol. The summed E-state index contributed by atoms with van der Waals surface area (Å²) in [7, 11) is 3.83. The van der Waals surface area contributed by atoms with E-state index in [0.29, 0.717) is 5.69 Å². The Hall–Kier alpha value is -1.82. The average molecular weight is 292 g/mol. The molecule has 0 spiro atoms. The van der Waals surface area contributed by atoms with Crippen LogP contribution in [0.15, 0.2) is 18.3 Å². The molecule has 0 bridgehead atoms. The van der Waals surface area contributed by atoms with E-state index in [1.807, 2.05) is 31.1 Å². The first kappa shape index (κ1) is 15.6. The van der Waals surface area contributed by atoms with Gasteiger partial charge in [-0.1, -0.05) is 12.8 Å². The minimum absolute atomic E-state index is 0.0535. The van der Waals surface area contributed by atoms with Crippen LogP contribution >= 0.6 is 0 Å². The molecule has 1 heterocycles. The highest BCUT2D eigenvalue weighted by molar-refractivity contribution is 5.89. The molecular weight excluding hydrogens is 268 g/mol. The zero-order valence-corrected chi connectivity index (χ0v) is 12.7. The monoisotopic (exact) mass is 292 g/mol. The lowest BCUT2D eigenvalue weighted by atomic mass is 9.85. The first-order valence-electron chi connectivity index (χ1n) is 7.42. The number of aliphatic hydroxyl groups is 1. The maximum atomic E-state index is 12.0. The van der Waals surface area contributed by atoms with Gasteiger partial charge in [-0.2, -0.15) is 0 Å². The molecular formula is C15H24N4O2. The smallest absolute Gasteiger partial charge is 0.319 e. The fourth-order valence-corrected chi connectivity index (χ4v) is 2.68. The number of nitrogens with zero attached hydrogens (tertiary/aromatic N) is 2. The molecule has 1 aromatic rings. The van der Waals surface area contributed by atoms with Crippen LogP contribution < -0.4 is 15.5 Å². The quantitative estimate of drug-likeness (QED) is 0.791. The molecule has 0 aliphatic heterocycles. The van der Waals surface area contributed by atoms with Crippen LogP contribution in [-0.2, 0) is 0 Å². The Morgan fingerprint density at radius 2 is 2.14 bits per heavy atom. The summed E-state index contributed by atoms with van der Waals surface area (Å²) < 4.78 is 0. The van der Waals surface area contributed by atoms with Crippen molar-refractivity contribution in [3.05, 3.63) is 18.3 Å². The van der Waals surface area contributed by atoms with Crippen LogP contribution in [0.4, 0.5) is 16.3 Å². The van der Waals surface area contributed by atoms with Crippen LogP contribution in [0, 0.1) is 5.92 Å². The van der Waals surface area contributed by atoms with Crippen LogP contribution in [0.2, 0.25) is 0 Å². The lowest BCUT2D eigenvalue weighted by molar-refractivity contribution is 0.156. The molecule has 3 N–H and O–H groups in total. The Labute approximate surface area is 125 Å². The number of pyridine rings is 1. The van der Waals surface area contributed by atoms with E-state index in [1.165, 1.54) is 0 Å². The van der Waals surface area contributed by atoms with Crippen LogP contribution in [0.5, 0.6) is 0 Å². The highest BCUT2D eigenvalue weighted by atomic mass is 16.3. The van der Waals surface area contributed by atoms with E-state index in [1.54, 1.807) is 6.20 Å². The lowest BCUT2D eigenvalue weighted by Crippen LogP contribution is -2.45. The molecule has 1 fully saturated rings. The summed E-state index contributed by atoms with van der Waals surface area (Å²) in [5, 5.41) is 15.1. The summed E-state index contributed by atoms with van der Waals surface area (Å²) in [6.07, 6.45) is 5.76. The van der Waals surface area contributed by atoms with Gasteiger partial charge in [0, 0.05) is 32.7 Å². The molecule has 1 aliphatic carbocycles. The lowest BCUT2D eigenvalue weighted by Gasteiger charge is -2.30. The van der Waals surface area contributed by atoms with Gasteiger partial charge < -0.3 is 20.6 Å². The van der Waals surface area contributed by atoms with E-state index in [9.17, 15) is 9.90 Å². The van der Waals surface area contributed by atoms with Gasteiger partial charge in [-0.05, 0) is 25.0 Å². The normalized spacial score (nSPS) is 21.7. The van der Waals surface area contributed by atoms with Crippen LogP contribution in [0.3, 0.4) is 0 Å². The number of anilines is 2. The van der Waals surface area contributed by atoms with E-state index < -0.39 is 0 Å². The average Bonchev–Trinajstić information content (AvgIpc) is 2.48. The minimum Gasteiger partial charge on any atom is -0.396 e. The van der Waals surface area contributed by atoms with Crippen molar-refractivity contribution in [2.75, 3.05) is 30.9 Å². The molecule has 2 rings (SSSR count). The van der Waals surface area contributed by atoms with Crippen molar-refractivity contribution in [3.8, 4) is 0 Å². The maximum Gasteiger partial charge on any atom is 0.319 e. The third kappa shape index (κ3) is 4.32. The highest BCUT2D eigenvalue weighted by Gasteiger charge is 2.25. The number of aromatic nitrogens is 1.